The van der Waals surface area contributed by atoms with E-state index in [-0.39, 0.29) is 11.5 Å². The van der Waals surface area contributed by atoms with Gasteiger partial charge in [-0.25, -0.2) is 0 Å². The molecule has 0 aromatic heterocycles. The maximum absolute atomic E-state index is 12.0. The summed E-state index contributed by atoms with van der Waals surface area (Å²) in [5, 5.41) is 5.25. The lowest BCUT2D eigenvalue weighted by Crippen LogP contribution is -2.26. The third-order valence-corrected chi connectivity index (χ3v) is 4.51. The lowest BCUT2D eigenvalue weighted by molar-refractivity contribution is -0.114. The van der Waals surface area contributed by atoms with Gasteiger partial charge in [-0.05, 0) is 36.4 Å². The third-order valence-electron chi connectivity index (χ3n) is 3.34. The van der Waals surface area contributed by atoms with Crippen molar-refractivity contribution in [2.75, 3.05) is 36.4 Å². The fraction of sp³-hybridized carbons (Fsp3) is 0.222. The maximum atomic E-state index is 12.0. The standard InChI is InChI=1S/C18H20N2O5S/c1-24-14-9-7-13(8-10-14)19-17(21)11-26(23)12-18(22)20-15-5-3-4-6-16(15)25-2/h3-10H,11-12H2,1-2H3,(H,19,21)(H,20,22). The molecule has 0 saturated carbocycles. The van der Waals surface area contributed by atoms with Crippen LogP contribution in [0.1, 0.15) is 0 Å². The number of hydrogen-bond acceptors (Lipinski definition) is 5. The number of methoxy groups -OCH3 is 2. The predicted molar refractivity (Wildman–Crippen MR) is 101 cm³/mol. The Labute approximate surface area is 154 Å². The molecule has 2 rings (SSSR count). The van der Waals surface area contributed by atoms with Crippen molar-refractivity contribution >= 4 is 34.0 Å². The lowest BCUT2D eigenvalue weighted by Gasteiger charge is -2.10. The van der Waals surface area contributed by atoms with E-state index in [4.69, 9.17) is 9.47 Å². The highest BCUT2D eigenvalue weighted by molar-refractivity contribution is 7.86. The van der Waals surface area contributed by atoms with Crippen LogP contribution in [0.4, 0.5) is 11.4 Å². The molecule has 7 nitrogen and oxygen atoms in total. The first kappa shape index (κ1) is 19.5. The van der Waals surface area contributed by atoms with Gasteiger partial charge in [-0.15, -0.1) is 0 Å². The summed E-state index contributed by atoms with van der Waals surface area (Å²) in [6.45, 7) is 0. The summed E-state index contributed by atoms with van der Waals surface area (Å²) in [4.78, 5) is 23.9. The molecule has 26 heavy (non-hydrogen) atoms. The second-order valence-electron chi connectivity index (χ2n) is 5.25. The van der Waals surface area contributed by atoms with Gasteiger partial charge >= 0.3 is 0 Å². The Balaban J connectivity index is 1.83. The second-order valence-corrected chi connectivity index (χ2v) is 6.71. The van der Waals surface area contributed by atoms with Crippen molar-refractivity contribution < 1.29 is 23.3 Å². The smallest absolute Gasteiger partial charge is 0.237 e. The molecule has 0 spiro atoms. The minimum Gasteiger partial charge on any atom is -0.497 e. The van der Waals surface area contributed by atoms with Crippen LogP contribution in [0.25, 0.3) is 0 Å². The average molecular weight is 376 g/mol. The van der Waals surface area contributed by atoms with Crippen LogP contribution in [0.3, 0.4) is 0 Å². The highest BCUT2D eigenvalue weighted by Gasteiger charge is 2.14. The van der Waals surface area contributed by atoms with E-state index < -0.39 is 22.6 Å². The van der Waals surface area contributed by atoms with Gasteiger partial charge in [0.1, 0.15) is 23.0 Å². The zero-order valence-corrected chi connectivity index (χ0v) is 15.3. The van der Waals surface area contributed by atoms with E-state index in [0.717, 1.165) is 0 Å². The molecule has 1 unspecified atom stereocenters. The quantitative estimate of drug-likeness (QED) is 0.735. The van der Waals surface area contributed by atoms with Gasteiger partial charge in [-0.2, -0.15) is 0 Å². The highest BCUT2D eigenvalue weighted by Crippen LogP contribution is 2.22. The highest BCUT2D eigenvalue weighted by atomic mass is 32.2. The zero-order valence-electron chi connectivity index (χ0n) is 14.5. The summed E-state index contributed by atoms with van der Waals surface area (Å²) in [6, 6.07) is 13.7. The van der Waals surface area contributed by atoms with Crippen molar-refractivity contribution in [2.24, 2.45) is 0 Å². The molecule has 1 atom stereocenters. The fourth-order valence-corrected chi connectivity index (χ4v) is 2.98. The molecule has 2 N–H and O–H groups in total. The maximum Gasteiger partial charge on any atom is 0.237 e. The van der Waals surface area contributed by atoms with Gasteiger partial charge in [0.2, 0.25) is 11.8 Å². The molecule has 2 amide bonds. The number of carbonyl (C=O) groups is 2. The van der Waals surface area contributed by atoms with Crippen molar-refractivity contribution in [1.29, 1.82) is 0 Å². The fourth-order valence-electron chi connectivity index (χ4n) is 2.15. The zero-order chi connectivity index (χ0) is 18.9. The van der Waals surface area contributed by atoms with Gasteiger partial charge in [-0.3, -0.25) is 13.8 Å². The lowest BCUT2D eigenvalue weighted by atomic mass is 10.3. The van der Waals surface area contributed by atoms with Gasteiger partial charge in [0.05, 0.1) is 19.9 Å². The first-order chi connectivity index (χ1) is 12.5. The molecule has 0 bridgehead atoms. The van der Waals surface area contributed by atoms with Crippen LogP contribution in [0.15, 0.2) is 48.5 Å². The average Bonchev–Trinajstić information content (AvgIpc) is 2.62. The van der Waals surface area contributed by atoms with Gasteiger partial charge < -0.3 is 20.1 Å². The molecule has 8 heteroatoms. The van der Waals surface area contributed by atoms with Crippen molar-refractivity contribution in [3.8, 4) is 11.5 Å². The van der Waals surface area contributed by atoms with Crippen molar-refractivity contribution in [2.45, 2.75) is 0 Å². The van der Waals surface area contributed by atoms with E-state index in [1.807, 2.05) is 0 Å². The number of anilines is 2. The van der Waals surface area contributed by atoms with Gasteiger partial charge in [0.25, 0.3) is 0 Å². The van der Waals surface area contributed by atoms with Crippen molar-refractivity contribution in [3.63, 3.8) is 0 Å². The van der Waals surface area contributed by atoms with Gasteiger partial charge in [0.15, 0.2) is 0 Å². The van der Waals surface area contributed by atoms with Crippen LogP contribution in [-0.4, -0.2) is 41.7 Å². The Morgan fingerprint density at radius 3 is 2.12 bits per heavy atom. The van der Waals surface area contributed by atoms with Crippen LogP contribution in [0.5, 0.6) is 11.5 Å². The van der Waals surface area contributed by atoms with Crippen LogP contribution < -0.4 is 20.1 Å². The van der Waals surface area contributed by atoms with Crippen LogP contribution >= 0.6 is 0 Å². The van der Waals surface area contributed by atoms with Crippen LogP contribution in [0.2, 0.25) is 0 Å². The summed E-state index contributed by atoms with van der Waals surface area (Å²) in [6.07, 6.45) is 0. The number of amides is 2. The second kappa shape index (κ2) is 9.57. The van der Waals surface area contributed by atoms with Crippen molar-refractivity contribution in [3.05, 3.63) is 48.5 Å². The van der Waals surface area contributed by atoms with Crippen molar-refractivity contribution in [1.82, 2.24) is 0 Å². The Morgan fingerprint density at radius 2 is 1.50 bits per heavy atom. The Kier molecular flexibility index (Phi) is 7.16. The number of carbonyl (C=O) groups excluding carboxylic acids is 2. The number of nitrogens with one attached hydrogen (secondary N) is 2. The number of benzene rings is 2. The minimum atomic E-state index is -1.63. The van der Waals surface area contributed by atoms with Crippen LogP contribution in [0, 0.1) is 0 Å². The van der Waals surface area contributed by atoms with Gasteiger partial charge in [0, 0.05) is 16.5 Å². The molecule has 0 aliphatic heterocycles. The van der Waals surface area contributed by atoms with Crippen LogP contribution in [-0.2, 0) is 20.4 Å². The van der Waals surface area contributed by atoms with E-state index >= 15 is 0 Å². The number of para-hydroxylation sites is 2. The van der Waals surface area contributed by atoms with E-state index in [9.17, 15) is 13.8 Å². The summed E-state index contributed by atoms with van der Waals surface area (Å²) in [5.41, 5.74) is 1.05. The normalized spacial score (nSPS) is 11.3. The summed E-state index contributed by atoms with van der Waals surface area (Å²) in [5.74, 6) is -0.272. The molecular formula is C18H20N2O5S. The van der Waals surface area contributed by atoms with E-state index in [0.29, 0.717) is 22.9 Å². The van der Waals surface area contributed by atoms with E-state index in [2.05, 4.69) is 10.6 Å². The molecule has 0 heterocycles. The molecular weight excluding hydrogens is 356 g/mol. The third kappa shape index (κ3) is 5.89. The molecule has 0 aliphatic carbocycles. The van der Waals surface area contributed by atoms with E-state index in [1.54, 1.807) is 55.6 Å². The number of hydrogen-bond donors (Lipinski definition) is 2. The molecule has 0 saturated heterocycles. The summed E-state index contributed by atoms with van der Waals surface area (Å²) >= 11 is 0. The Hall–Kier alpha value is -2.87. The number of ether oxygens (including phenoxy) is 2. The first-order valence-corrected chi connectivity index (χ1v) is 9.22. The van der Waals surface area contributed by atoms with E-state index in [1.165, 1.54) is 7.11 Å². The topological polar surface area (TPSA) is 93.7 Å². The monoisotopic (exact) mass is 376 g/mol. The molecule has 2 aromatic carbocycles. The first-order valence-electron chi connectivity index (χ1n) is 7.73. The largest absolute Gasteiger partial charge is 0.497 e. The molecule has 0 aliphatic rings. The number of rotatable bonds is 8. The predicted octanol–water partition coefficient (Wildman–Crippen LogP) is 2.03. The SMILES string of the molecule is COc1ccc(NC(=O)CS(=O)CC(=O)Nc2ccccc2OC)cc1. The van der Waals surface area contributed by atoms with Gasteiger partial charge in [-0.1, -0.05) is 12.1 Å². The Morgan fingerprint density at radius 1 is 0.885 bits per heavy atom. The minimum absolute atomic E-state index is 0.272. The Bertz CT molecular complexity index is 792. The summed E-state index contributed by atoms with van der Waals surface area (Å²) in [7, 11) is 1.41. The molecule has 0 fully saturated rings. The molecule has 138 valence electrons. The molecule has 2 aromatic rings. The molecule has 0 radical (unpaired) electrons. The summed E-state index contributed by atoms with van der Waals surface area (Å²) < 4.78 is 22.2.